The second-order valence-corrected chi connectivity index (χ2v) is 4.28. The quantitative estimate of drug-likeness (QED) is 0.826. The summed E-state index contributed by atoms with van der Waals surface area (Å²) in [4.78, 5) is 11.7. The van der Waals surface area contributed by atoms with Gasteiger partial charge in [-0.25, -0.2) is 0 Å². The normalized spacial score (nSPS) is 9.95. The minimum Gasteiger partial charge on any atom is -0.484 e. The standard InChI is InChI=1S/C15H16N2O2/c1-11-5-7-14(8-6-11)19-10-15(18)17-13-4-2-3-12(16)9-13/h2-9H,10,16H2,1H3,(H,17,18). The molecule has 0 aliphatic rings. The lowest BCUT2D eigenvalue weighted by Gasteiger charge is -2.08. The molecule has 2 rings (SSSR count). The predicted molar refractivity (Wildman–Crippen MR) is 76.2 cm³/mol. The molecule has 0 aliphatic heterocycles. The SMILES string of the molecule is Cc1ccc(OCC(=O)Nc2cccc(N)c2)cc1. The van der Waals surface area contributed by atoms with Crippen LogP contribution in [0.4, 0.5) is 11.4 Å². The van der Waals surface area contributed by atoms with Crippen molar-refractivity contribution in [2.45, 2.75) is 6.92 Å². The van der Waals surface area contributed by atoms with Gasteiger partial charge in [-0.15, -0.1) is 0 Å². The molecule has 0 spiro atoms. The minimum atomic E-state index is -0.217. The van der Waals surface area contributed by atoms with E-state index in [1.165, 1.54) is 0 Å². The van der Waals surface area contributed by atoms with Crippen LogP contribution in [0.3, 0.4) is 0 Å². The monoisotopic (exact) mass is 256 g/mol. The largest absolute Gasteiger partial charge is 0.484 e. The van der Waals surface area contributed by atoms with Crippen molar-refractivity contribution in [2.75, 3.05) is 17.7 Å². The molecule has 2 aromatic rings. The van der Waals surface area contributed by atoms with Crippen molar-refractivity contribution in [1.29, 1.82) is 0 Å². The molecule has 1 amide bonds. The second kappa shape index (κ2) is 5.91. The second-order valence-electron chi connectivity index (χ2n) is 4.28. The van der Waals surface area contributed by atoms with Gasteiger partial charge in [0.15, 0.2) is 6.61 Å². The van der Waals surface area contributed by atoms with Crippen molar-refractivity contribution in [3.63, 3.8) is 0 Å². The summed E-state index contributed by atoms with van der Waals surface area (Å²) in [7, 11) is 0. The van der Waals surface area contributed by atoms with Crippen molar-refractivity contribution < 1.29 is 9.53 Å². The van der Waals surface area contributed by atoms with Crippen molar-refractivity contribution in [1.82, 2.24) is 0 Å². The summed E-state index contributed by atoms with van der Waals surface area (Å²) in [6, 6.07) is 14.6. The Balaban J connectivity index is 1.86. The maximum Gasteiger partial charge on any atom is 0.262 e. The molecular weight excluding hydrogens is 240 g/mol. The summed E-state index contributed by atoms with van der Waals surface area (Å²) in [5.41, 5.74) is 8.05. The first-order valence-electron chi connectivity index (χ1n) is 5.98. The summed E-state index contributed by atoms with van der Waals surface area (Å²) in [5.74, 6) is 0.458. The Labute approximate surface area is 112 Å². The number of anilines is 2. The lowest BCUT2D eigenvalue weighted by Crippen LogP contribution is -2.20. The Morgan fingerprint density at radius 2 is 1.95 bits per heavy atom. The van der Waals surface area contributed by atoms with E-state index in [0.717, 1.165) is 5.56 Å². The first kappa shape index (κ1) is 13.0. The molecule has 0 atom stereocenters. The molecule has 0 bridgehead atoms. The molecule has 0 unspecified atom stereocenters. The highest BCUT2D eigenvalue weighted by molar-refractivity contribution is 5.92. The van der Waals surface area contributed by atoms with Crippen molar-refractivity contribution in [2.24, 2.45) is 0 Å². The van der Waals surface area contributed by atoms with Crippen molar-refractivity contribution in [3.05, 3.63) is 54.1 Å². The minimum absolute atomic E-state index is 0.0299. The predicted octanol–water partition coefficient (Wildman–Crippen LogP) is 2.59. The number of carbonyl (C=O) groups excluding carboxylic acids is 1. The van der Waals surface area contributed by atoms with Gasteiger partial charge in [0.25, 0.3) is 5.91 Å². The Bertz CT molecular complexity index is 565. The summed E-state index contributed by atoms with van der Waals surface area (Å²) in [5, 5.41) is 2.72. The van der Waals surface area contributed by atoms with Gasteiger partial charge in [-0.1, -0.05) is 23.8 Å². The molecule has 0 saturated carbocycles. The van der Waals surface area contributed by atoms with Crippen LogP contribution >= 0.6 is 0 Å². The van der Waals surface area contributed by atoms with Gasteiger partial charge >= 0.3 is 0 Å². The van der Waals surface area contributed by atoms with Crippen LogP contribution in [0.5, 0.6) is 5.75 Å². The number of aryl methyl sites for hydroxylation is 1. The van der Waals surface area contributed by atoms with Crippen LogP contribution in [0.2, 0.25) is 0 Å². The van der Waals surface area contributed by atoms with Gasteiger partial charge < -0.3 is 15.8 Å². The number of rotatable bonds is 4. The fraction of sp³-hybridized carbons (Fsp3) is 0.133. The smallest absolute Gasteiger partial charge is 0.262 e. The summed E-state index contributed by atoms with van der Waals surface area (Å²) in [6.07, 6.45) is 0. The lowest BCUT2D eigenvalue weighted by molar-refractivity contribution is -0.118. The summed E-state index contributed by atoms with van der Waals surface area (Å²) in [6.45, 7) is 1.97. The van der Waals surface area contributed by atoms with E-state index in [2.05, 4.69) is 5.32 Å². The zero-order valence-electron chi connectivity index (χ0n) is 10.7. The average molecular weight is 256 g/mol. The first-order valence-corrected chi connectivity index (χ1v) is 5.98. The van der Waals surface area contributed by atoms with Crippen molar-refractivity contribution >= 4 is 17.3 Å². The molecule has 0 saturated heterocycles. The summed E-state index contributed by atoms with van der Waals surface area (Å²) < 4.78 is 5.38. The van der Waals surface area contributed by atoms with Gasteiger partial charge in [0.2, 0.25) is 0 Å². The van der Waals surface area contributed by atoms with Crippen LogP contribution in [0.15, 0.2) is 48.5 Å². The van der Waals surface area contributed by atoms with E-state index in [9.17, 15) is 4.79 Å². The van der Waals surface area contributed by atoms with Gasteiger partial charge in [-0.2, -0.15) is 0 Å². The number of nitrogens with one attached hydrogen (secondary N) is 1. The van der Waals surface area contributed by atoms with Crippen LogP contribution in [-0.2, 0) is 4.79 Å². The molecule has 98 valence electrons. The van der Waals surface area contributed by atoms with E-state index in [4.69, 9.17) is 10.5 Å². The number of hydrogen-bond acceptors (Lipinski definition) is 3. The topological polar surface area (TPSA) is 64.3 Å². The number of nitrogens with two attached hydrogens (primary N) is 1. The number of ether oxygens (including phenoxy) is 1. The van der Waals surface area contributed by atoms with Crippen LogP contribution in [0.1, 0.15) is 5.56 Å². The number of benzene rings is 2. The van der Waals surface area contributed by atoms with E-state index in [-0.39, 0.29) is 12.5 Å². The zero-order valence-corrected chi connectivity index (χ0v) is 10.7. The molecule has 4 heteroatoms. The molecule has 0 heterocycles. The molecule has 0 fully saturated rings. The van der Waals surface area contributed by atoms with Crippen LogP contribution in [0, 0.1) is 6.92 Å². The number of nitrogen functional groups attached to an aromatic ring is 1. The average Bonchev–Trinajstić information content (AvgIpc) is 2.38. The fourth-order valence-electron chi connectivity index (χ4n) is 1.60. The molecule has 0 radical (unpaired) electrons. The van der Waals surface area contributed by atoms with Crippen LogP contribution < -0.4 is 15.8 Å². The van der Waals surface area contributed by atoms with E-state index >= 15 is 0 Å². The van der Waals surface area contributed by atoms with Crippen molar-refractivity contribution in [3.8, 4) is 5.75 Å². The van der Waals surface area contributed by atoms with Gasteiger partial charge in [-0.05, 0) is 37.3 Å². The van der Waals surface area contributed by atoms with Gasteiger partial charge in [0.05, 0.1) is 0 Å². The number of amides is 1. The van der Waals surface area contributed by atoms with Crippen LogP contribution in [-0.4, -0.2) is 12.5 Å². The highest BCUT2D eigenvalue weighted by atomic mass is 16.5. The van der Waals surface area contributed by atoms with E-state index in [1.807, 2.05) is 31.2 Å². The molecule has 19 heavy (non-hydrogen) atoms. The van der Waals surface area contributed by atoms with Gasteiger partial charge in [-0.3, -0.25) is 4.79 Å². The fourth-order valence-corrected chi connectivity index (χ4v) is 1.60. The van der Waals surface area contributed by atoms with Gasteiger partial charge in [0.1, 0.15) is 5.75 Å². The third kappa shape index (κ3) is 4.03. The maximum atomic E-state index is 11.7. The first-order chi connectivity index (χ1) is 9.13. The summed E-state index contributed by atoms with van der Waals surface area (Å²) >= 11 is 0. The number of carbonyl (C=O) groups is 1. The zero-order chi connectivity index (χ0) is 13.7. The van der Waals surface area contributed by atoms with E-state index < -0.39 is 0 Å². The Hall–Kier alpha value is -2.49. The molecule has 4 nitrogen and oxygen atoms in total. The molecule has 0 aromatic heterocycles. The molecule has 0 aliphatic carbocycles. The molecule has 3 N–H and O–H groups in total. The Morgan fingerprint density at radius 3 is 2.63 bits per heavy atom. The highest BCUT2D eigenvalue weighted by Gasteiger charge is 2.03. The third-order valence-corrected chi connectivity index (χ3v) is 2.56. The van der Waals surface area contributed by atoms with E-state index in [0.29, 0.717) is 17.1 Å². The van der Waals surface area contributed by atoms with Crippen LogP contribution in [0.25, 0.3) is 0 Å². The molecular formula is C15H16N2O2. The Kier molecular flexibility index (Phi) is 4.03. The maximum absolute atomic E-state index is 11.7. The van der Waals surface area contributed by atoms with E-state index in [1.54, 1.807) is 24.3 Å². The number of hydrogen-bond donors (Lipinski definition) is 2. The third-order valence-electron chi connectivity index (χ3n) is 2.56. The Morgan fingerprint density at radius 1 is 1.21 bits per heavy atom. The molecule has 2 aromatic carbocycles. The highest BCUT2D eigenvalue weighted by Crippen LogP contribution is 2.13. The lowest BCUT2D eigenvalue weighted by atomic mass is 10.2. The van der Waals surface area contributed by atoms with Gasteiger partial charge in [0, 0.05) is 11.4 Å².